The van der Waals surface area contributed by atoms with Crippen LogP contribution in [0.3, 0.4) is 0 Å². The molecule has 0 atom stereocenters. The highest BCUT2D eigenvalue weighted by Gasteiger charge is 2.15. The Balaban J connectivity index is 1.56. The number of nitrogens with zero attached hydrogens (tertiary/aromatic N) is 3. The van der Waals surface area contributed by atoms with Crippen molar-refractivity contribution >= 4 is 5.91 Å². The number of aryl methyl sites for hydroxylation is 2. The number of rotatable bonds is 6. The van der Waals surface area contributed by atoms with Gasteiger partial charge < -0.3 is 9.32 Å². The van der Waals surface area contributed by atoms with E-state index in [1.165, 1.54) is 17.0 Å². The molecule has 0 fully saturated rings. The topological polar surface area (TPSA) is 59.2 Å². The fourth-order valence-corrected chi connectivity index (χ4v) is 2.57. The van der Waals surface area contributed by atoms with Crippen molar-refractivity contribution in [3.05, 3.63) is 71.1 Å². The lowest BCUT2D eigenvalue weighted by molar-refractivity contribution is -0.130. The zero-order valence-electron chi connectivity index (χ0n) is 15.1. The predicted molar refractivity (Wildman–Crippen MR) is 95.6 cm³/mol. The highest BCUT2D eigenvalue weighted by molar-refractivity contribution is 5.76. The van der Waals surface area contributed by atoms with E-state index in [0.717, 1.165) is 17.2 Å². The average molecular weight is 371 g/mol. The third kappa shape index (κ3) is 4.75. The van der Waals surface area contributed by atoms with Crippen molar-refractivity contribution in [3.63, 3.8) is 0 Å². The molecule has 0 aliphatic rings. The van der Waals surface area contributed by atoms with E-state index in [4.69, 9.17) is 4.42 Å². The summed E-state index contributed by atoms with van der Waals surface area (Å²) >= 11 is 0. The molecule has 0 saturated heterocycles. The maximum atomic E-state index is 13.7. The monoisotopic (exact) mass is 371 g/mol. The Labute approximate surface area is 155 Å². The van der Waals surface area contributed by atoms with E-state index in [0.29, 0.717) is 11.8 Å². The number of hydrogen-bond acceptors (Lipinski definition) is 4. The van der Waals surface area contributed by atoms with Crippen molar-refractivity contribution in [3.8, 4) is 11.5 Å². The minimum atomic E-state index is -0.672. The van der Waals surface area contributed by atoms with E-state index in [-0.39, 0.29) is 30.9 Å². The van der Waals surface area contributed by atoms with Gasteiger partial charge in [0.25, 0.3) is 0 Å². The van der Waals surface area contributed by atoms with Gasteiger partial charge in [-0.1, -0.05) is 23.8 Å². The Hall–Kier alpha value is -3.09. The van der Waals surface area contributed by atoms with Gasteiger partial charge in [-0.25, -0.2) is 8.78 Å². The number of halogens is 2. The molecule has 27 heavy (non-hydrogen) atoms. The van der Waals surface area contributed by atoms with Gasteiger partial charge in [-0.2, -0.15) is 0 Å². The summed E-state index contributed by atoms with van der Waals surface area (Å²) in [7, 11) is 1.57. The first-order valence-electron chi connectivity index (χ1n) is 8.49. The van der Waals surface area contributed by atoms with Crippen LogP contribution in [0.2, 0.25) is 0 Å². The van der Waals surface area contributed by atoms with Crippen LogP contribution in [0.5, 0.6) is 0 Å². The van der Waals surface area contributed by atoms with Crippen molar-refractivity contribution < 1.29 is 18.0 Å². The quantitative estimate of drug-likeness (QED) is 0.659. The summed E-state index contributed by atoms with van der Waals surface area (Å²) in [5.74, 6) is -0.756. The van der Waals surface area contributed by atoms with E-state index in [1.807, 2.05) is 31.2 Å². The average Bonchev–Trinajstić information content (AvgIpc) is 3.11. The van der Waals surface area contributed by atoms with Crippen LogP contribution in [0.25, 0.3) is 11.5 Å². The molecule has 7 heteroatoms. The summed E-state index contributed by atoms with van der Waals surface area (Å²) in [5.41, 5.74) is 2.20. The maximum Gasteiger partial charge on any atom is 0.247 e. The SMILES string of the molecule is Cc1ccc(-c2nnc(CCC(=O)N(C)Cc3ccc(F)cc3F)o2)cc1. The highest BCUT2D eigenvalue weighted by Crippen LogP contribution is 2.19. The first kappa shape index (κ1) is 18.7. The van der Waals surface area contributed by atoms with Crippen molar-refractivity contribution in [1.29, 1.82) is 0 Å². The van der Waals surface area contributed by atoms with E-state index in [9.17, 15) is 13.6 Å². The molecule has 1 aromatic heterocycles. The molecular formula is C20H19F2N3O2. The first-order valence-corrected chi connectivity index (χ1v) is 8.49. The molecule has 0 aliphatic heterocycles. The lowest BCUT2D eigenvalue weighted by Crippen LogP contribution is -2.26. The Morgan fingerprint density at radius 2 is 1.85 bits per heavy atom. The van der Waals surface area contributed by atoms with Crippen molar-refractivity contribution in [2.75, 3.05) is 7.05 Å². The molecule has 140 valence electrons. The van der Waals surface area contributed by atoms with Crippen molar-refractivity contribution in [2.45, 2.75) is 26.3 Å². The summed E-state index contributed by atoms with van der Waals surface area (Å²) < 4.78 is 32.3. The second-order valence-corrected chi connectivity index (χ2v) is 6.35. The Morgan fingerprint density at radius 3 is 2.56 bits per heavy atom. The van der Waals surface area contributed by atoms with Crippen molar-refractivity contribution in [1.82, 2.24) is 15.1 Å². The van der Waals surface area contributed by atoms with E-state index < -0.39 is 11.6 Å². The van der Waals surface area contributed by atoms with E-state index in [1.54, 1.807) is 7.05 Å². The molecule has 0 N–H and O–H groups in total. The van der Waals surface area contributed by atoms with Gasteiger partial charge in [-0.05, 0) is 25.1 Å². The number of carbonyl (C=O) groups excluding carboxylic acids is 1. The van der Waals surface area contributed by atoms with Crippen LogP contribution in [0, 0.1) is 18.6 Å². The molecule has 1 amide bonds. The third-order valence-electron chi connectivity index (χ3n) is 4.17. The van der Waals surface area contributed by atoms with Crippen LogP contribution < -0.4 is 0 Å². The number of aromatic nitrogens is 2. The molecular weight excluding hydrogens is 352 g/mol. The highest BCUT2D eigenvalue weighted by atomic mass is 19.1. The van der Waals surface area contributed by atoms with Gasteiger partial charge in [0.1, 0.15) is 11.6 Å². The zero-order chi connectivity index (χ0) is 19.4. The molecule has 0 radical (unpaired) electrons. The lowest BCUT2D eigenvalue weighted by atomic mass is 10.1. The molecule has 3 rings (SSSR count). The molecule has 3 aromatic rings. The largest absolute Gasteiger partial charge is 0.421 e. The molecule has 1 heterocycles. The Bertz CT molecular complexity index is 939. The number of amides is 1. The zero-order valence-corrected chi connectivity index (χ0v) is 15.1. The summed E-state index contributed by atoms with van der Waals surface area (Å²) in [6.07, 6.45) is 0.433. The second kappa shape index (κ2) is 8.07. The minimum absolute atomic E-state index is 0.0589. The number of benzene rings is 2. The van der Waals surface area contributed by atoms with E-state index in [2.05, 4.69) is 10.2 Å². The van der Waals surface area contributed by atoms with Gasteiger partial charge in [0, 0.05) is 43.6 Å². The standard InChI is InChI=1S/C20H19F2N3O2/c1-13-3-5-14(6-4-13)20-24-23-18(27-20)9-10-19(26)25(2)12-15-7-8-16(21)11-17(15)22/h3-8,11H,9-10,12H2,1-2H3. The molecule has 0 bridgehead atoms. The van der Waals surface area contributed by atoms with Crippen LogP contribution in [-0.4, -0.2) is 28.1 Å². The van der Waals surface area contributed by atoms with Crippen molar-refractivity contribution in [2.24, 2.45) is 0 Å². The van der Waals surface area contributed by atoms with Gasteiger partial charge in [-0.15, -0.1) is 10.2 Å². The normalized spacial score (nSPS) is 10.8. The summed E-state index contributed by atoms with van der Waals surface area (Å²) in [5, 5.41) is 7.96. The second-order valence-electron chi connectivity index (χ2n) is 6.35. The van der Waals surface area contributed by atoms with Crippen LogP contribution in [-0.2, 0) is 17.8 Å². The first-order chi connectivity index (χ1) is 12.9. The smallest absolute Gasteiger partial charge is 0.247 e. The van der Waals surface area contributed by atoms with Crippen LogP contribution in [0.4, 0.5) is 8.78 Å². The van der Waals surface area contributed by atoms with Crippen LogP contribution >= 0.6 is 0 Å². The fraction of sp³-hybridized carbons (Fsp3) is 0.250. The summed E-state index contributed by atoms with van der Waals surface area (Å²) in [6.45, 7) is 2.05. The van der Waals surface area contributed by atoms with E-state index >= 15 is 0 Å². The Kier molecular flexibility index (Phi) is 5.59. The minimum Gasteiger partial charge on any atom is -0.421 e. The molecule has 0 aliphatic carbocycles. The van der Waals surface area contributed by atoms with Gasteiger partial charge in [-0.3, -0.25) is 4.79 Å². The molecule has 0 spiro atoms. The maximum absolute atomic E-state index is 13.7. The van der Waals surface area contributed by atoms with Gasteiger partial charge >= 0.3 is 0 Å². The summed E-state index contributed by atoms with van der Waals surface area (Å²) in [4.78, 5) is 13.6. The predicted octanol–water partition coefficient (Wildman–Crippen LogP) is 3.91. The van der Waals surface area contributed by atoms with Crippen LogP contribution in [0.1, 0.15) is 23.4 Å². The van der Waals surface area contributed by atoms with Gasteiger partial charge in [0.15, 0.2) is 0 Å². The number of hydrogen-bond donors (Lipinski definition) is 0. The molecule has 0 unspecified atom stereocenters. The van der Waals surface area contributed by atoms with Gasteiger partial charge in [0.2, 0.25) is 17.7 Å². The Morgan fingerprint density at radius 1 is 1.11 bits per heavy atom. The summed E-state index contributed by atoms with van der Waals surface area (Å²) in [6, 6.07) is 11.0. The number of carbonyl (C=O) groups is 1. The molecule has 0 saturated carbocycles. The third-order valence-corrected chi connectivity index (χ3v) is 4.17. The lowest BCUT2D eigenvalue weighted by Gasteiger charge is -2.17. The van der Waals surface area contributed by atoms with Gasteiger partial charge in [0.05, 0.1) is 0 Å². The fourth-order valence-electron chi connectivity index (χ4n) is 2.57. The molecule has 5 nitrogen and oxygen atoms in total. The molecule has 2 aromatic carbocycles. The van der Waals surface area contributed by atoms with Crippen LogP contribution in [0.15, 0.2) is 46.9 Å².